The maximum absolute atomic E-state index is 12.7. The van der Waals surface area contributed by atoms with Crippen LogP contribution >= 0.6 is 24.8 Å². The van der Waals surface area contributed by atoms with Crippen molar-refractivity contribution in [1.82, 2.24) is 4.98 Å². The number of aromatic nitrogens is 1. The summed E-state index contributed by atoms with van der Waals surface area (Å²) in [6, 6.07) is 11.2. The second kappa shape index (κ2) is 9.76. The average molecular weight is 442 g/mol. The SMILES string of the molecule is CCOC1CC(N)(C(=O)Nc2ccc(Oc3ccc(C)cc3)nc2)C1(C)C.Cl.Cl. The van der Waals surface area contributed by atoms with Crippen molar-refractivity contribution in [3.8, 4) is 11.6 Å². The molecule has 1 heterocycles. The van der Waals surface area contributed by atoms with Crippen molar-refractivity contribution in [2.24, 2.45) is 11.1 Å². The third-order valence-electron chi connectivity index (χ3n) is 5.47. The summed E-state index contributed by atoms with van der Waals surface area (Å²) in [6.45, 7) is 8.50. The van der Waals surface area contributed by atoms with Crippen LogP contribution in [-0.4, -0.2) is 29.1 Å². The molecule has 2 unspecified atom stereocenters. The van der Waals surface area contributed by atoms with Crippen molar-refractivity contribution in [1.29, 1.82) is 0 Å². The number of nitrogens with one attached hydrogen (secondary N) is 1. The van der Waals surface area contributed by atoms with Crippen LogP contribution in [0, 0.1) is 12.3 Å². The number of carbonyl (C=O) groups is 1. The molecule has 3 rings (SSSR count). The molecule has 3 N–H and O–H groups in total. The molecule has 29 heavy (non-hydrogen) atoms. The summed E-state index contributed by atoms with van der Waals surface area (Å²) in [7, 11) is 0. The van der Waals surface area contributed by atoms with Crippen LogP contribution in [0.15, 0.2) is 42.6 Å². The van der Waals surface area contributed by atoms with Gasteiger partial charge in [-0.05, 0) is 32.0 Å². The highest BCUT2D eigenvalue weighted by Gasteiger charge is 2.62. The second-order valence-electron chi connectivity index (χ2n) is 7.60. The molecule has 0 radical (unpaired) electrons. The first-order chi connectivity index (χ1) is 12.8. The van der Waals surface area contributed by atoms with Gasteiger partial charge in [-0.2, -0.15) is 0 Å². The van der Waals surface area contributed by atoms with E-state index in [1.807, 2.05) is 52.0 Å². The number of carbonyl (C=O) groups excluding carboxylic acids is 1. The molecule has 1 amide bonds. The maximum Gasteiger partial charge on any atom is 0.245 e. The lowest BCUT2D eigenvalue weighted by atomic mass is 9.54. The van der Waals surface area contributed by atoms with Gasteiger partial charge in [-0.1, -0.05) is 31.5 Å². The Hall–Kier alpha value is -1.86. The van der Waals surface area contributed by atoms with Crippen LogP contribution in [0.5, 0.6) is 11.6 Å². The van der Waals surface area contributed by atoms with E-state index < -0.39 is 11.0 Å². The first-order valence-corrected chi connectivity index (χ1v) is 9.19. The fourth-order valence-corrected chi connectivity index (χ4v) is 3.30. The van der Waals surface area contributed by atoms with Crippen molar-refractivity contribution in [2.75, 3.05) is 11.9 Å². The number of hydrogen-bond donors (Lipinski definition) is 2. The van der Waals surface area contributed by atoms with Gasteiger partial charge in [-0.25, -0.2) is 4.98 Å². The van der Waals surface area contributed by atoms with Crippen LogP contribution < -0.4 is 15.8 Å². The highest BCUT2D eigenvalue weighted by atomic mass is 35.5. The fourth-order valence-electron chi connectivity index (χ4n) is 3.30. The molecular weight excluding hydrogens is 413 g/mol. The number of aryl methyl sites for hydroxylation is 1. The van der Waals surface area contributed by atoms with Gasteiger partial charge >= 0.3 is 0 Å². The van der Waals surface area contributed by atoms with E-state index >= 15 is 0 Å². The molecule has 1 aliphatic rings. The quantitative estimate of drug-likeness (QED) is 0.688. The first kappa shape index (κ1) is 25.2. The molecule has 1 aromatic heterocycles. The van der Waals surface area contributed by atoms with Gasteiger partial charge in [-0.15, -0.1) is 24.8 Å². The Kier molecular flexibility index (Phi) is 8.47. The molecule has 1 fully saturated rings. The van der Waals surface area contributed by atoms with Crippen molar-refractivity contribution >= 4 is 36.4 Å². The molecule has 1 aliphatic carbocycles. The van der Waals surface area contributed by atoms with Crippen LogP contribution in [0.3, 0.4) is 0 Å². The molecular formula is C21H29Cl2N3O3. The van der Waals surface area contributed by atoms with Gasteiger partial charge in [0.15, 0.2) is 0 Å². The fraction of sp³-hybridized carbons (Fsp3) is 0.429. The number of rotatable bonds is 6. The number of anilines is 1. The smallest absolute Gasteiger partial charge is 0.245 e. The number of halogens is 2. The lowest BCUT2D eigenvalue weighted by Crippen LogP contribution is -2.74. The zero-order valence-corrected chi connectivity index (χ0v) is 18.7. The number of pyridine rings is 1. The van der Waals surface area contributed by atoms with Gasteiger partial charge in [0, 0.05) is 24.5 Å². The molecule has 0 bridgehead atoms. The summed E-state index contributed by atoms with van der Waals surface area (Å²) in [6.07, 6.45) is 2.06. The largest absolute Gasteiger partial charge is 0.439 e. The van der Waals surface area contributed by atoms with Crippen LogP contribution in [0.4, 0.5) is 5.69 Å². The van der Waals surface area contributed by atoms with Gasteiger partial charge in [-0.3, -0.25) is 4.79 Å². The Morgan fingerprint density at radius 3 is 2.38 bits per heavy atom. The summed E-state index contributed by atoms with van der Waals surface area (Å²) >= 11 is 0. The lowest BCUT2D eigenvalue weighted by molar-refractivity contribution is -0.166. The third-order valence-corrected chi connectivity index (χ3v) is 5.47. The van der Waals surface area contributed by atoms with Crippen molar-refractivity contribution in [3.63, 3.8) is 0 Å². The van der Waals surface area contributed by atoms with Crippen molar-refractivity contribution in [2.45, 2.75) is 45.8 Å². The predicted octanol–water partition coefficient (Wildman–Crippen LogP) is 4.50. The molecule has 0 saturated heterocycles. The van der Waals surface area contributed by atoms with Gasteiger partial charge in [0.1, 0.15) is 11.3 Å². The number of ether oxygens (including phenoxy) is 2. The van der Waals surface area contributed by atoms with E-state index in [2.05, 4.69) is 10.3 Å². The summed E-state index contributed by atoms with van der Waals surface area (Å²) in [4.78, 5) is 17.0. The van der Waals surface area contributed by atoms with Crippen molar-refractivity contribution in [3.05, 3.63) is 48.2 Å². The topological polar surface area (TPSA) is 86.5 Å². The Bertz CT molecular complexity index is 813. The minimum atomic E-state index is -0.968. The average Bonchev–Trinajstić information content (AvgIpc) is 2.64. The van der Waals surface area contributed by atoms with Crippen LogP contribution in [-0.2, 0) is 9.53 Å². The summed E-state index contributed by atoms with van der Waals surface area (Å²) < 4.78 is 11.4. The van der Waals surface area contributed by atoms with Crippen LogP contribution in [0.2, 0.25) is 0 Å². The number of nitrogens with two attached hydrogens (primary N) is 1. The molecule has 160 valence electrons. The lowest BCUT2D eigenvalue weighted by Gasteiger charge is -2.57. The van der Waals surface area contributed by atoms with E-state index in [1.54, 1.807) is 18.3 Å². The zero-order valence-electron chi connectivity index (χ0n) is 17.1. The van der Waals surface area contributed by atoms with E-state index in [9.17, 15) is 4.79 Å². The summed E-state index contributed by atoms with van der Waals surface area (Å²) in [5.74, 6) is 0.945. The highest BCUT2D eigenvalue weighted by Crippen LogP contribution is 2.50. The second-order valence-corrected chi connectivity index (χ2v) is 7.60. The third kappa shape index (κ3) is 5.01. The highest BCUT2D eigenvalue weighted by molar-refractivity contribution is 5.99. The van der Waals surface area contributed by atoms with E-state index in [0.717, 1.165) is 5.56 Å². The van der Waals surface area contributed by atoms with E-state index in [4.69, 9.17) is 15.2 Å². The van der Waals surface area contributed by atoms with Crippen LogP contribution in [0.1, 0.15) is 32.8 Å². The van der Waals surface area contributed by atoms with Gasteiger partial charge < -0.3 is 20.5 Å². The molecule has 1 aromatic carbocycles. The molecule has 2 aromatic rings. The zero-order chi connectivity index (χ0) is 19.7. The minimum absolute atomic E-state index is 0. The Labute approximate surface area is 184 Å². The predicted molar refractivity (Wildman–Crippen MR) is 119 cm³/mol. The normalized spacial score (nSPS) is 21.8. The molecule has 6 nitrogen and oxygen atoms in total. The Morgan fingerprint density at radius 2 is 1.86 bits per heavy atom. The molecule has 1 saturated carbocycles. The molecule has 8 heteroatoms. The Balaban J connectivity index is 0.00000210. The molecule has 0 spiro atoms. The summed E-state index contributed by atoms with van der Waals surface area (Å²) in [5, 5.41) is 2.86. The molecule has 2 atom stereocenters. The molecule has 0 aliphatic heterocycles. The van der Waals surface area contributed by atoms with E-state index in [-0.39, 0.29) is 36.8 Å². The Morgan fingerprint density at radius 1 is 1.21 bits per heavy atom. The number of nitrogens with zero attached hydrogens (tertiary/aromatic N) is 1. The van der Waals surface area contributed by atoms with Crippen molar-refractivity contribution < 1.29 is 14.3 Å². The van der Waals surface area contributed by atoms with Gasteiger partial charge in [0.25, 0.3) is 0 Å². The maximum atomic E-state index is 12.7. The van der Waals surface area contributed by atoms with E-state index in [0.29, 0.717) is 30.3 Å². The first-order valence-electron chi connectivity index (χ1n) is 9.19. The minimum Gasteiger partial charge on any atom is -0.439 e. The van der Waals surface area contributed by atoms with Gasteiger partial charge in [0.2, 0.25) is 11.8 Å². The van der Waals surface area contributed by atoms with Crippen LogP contribution in [0.25, 0.3) is 0 Å². The summed E-state index contributed by atoms with van der Waals surface area (Å²) in [5.41, 5.74) is 6.74. The number of amides is 1. The van der Waals surface area contributed by atoms with Gasteiger partial charge in [0.05, 0.1) is 18.0 Å². The number of benzene rings is 1. The standard InChI is InChI=1S/C21H27N3O3.2ClH/c1-5-26-17-12-21(22,20(17,3)4)19(25)24-15-8-11-18(23-13-15)27-16-9-6-14(2)7-10-16;;/h6-11,13,17H,5,12,22H2,1-4H3,(H,24,25);2*1H. The number of hydrogen-bond acceptors (Lipinski definition) is 5. The monoisotopic (exact) mass is 441 g/mol. The van der Waals surface area contributed by atoms with E-state index in [1.165, 1.54) is 0 Å².